The van der Waals surface area contributed by atoms with Crippen LogP contribution in [0.15, 0.2) is 12.1 Å². The molecule has 1 rings (SSSR count). The molecule has 0 atom stereocenters. The predicted molar refractivity (Wildman–Crippen MR) is 60.2 cm³/mol. The van der Waals surface area contributed by atoms with E-state index in [0.29, 0.717) is 6.42 Å². The van der Waals surface area contributed by atoms with E-state index in [2.05, 4.69) is 0 Å². The lowest BCUT2D eigenvalue weighted by Gasteiger charge is -2.11. The number of ketones is 1. The molecule has 15 heavy (non-hydrogen) atoms. The molecule has 0 bridgehead atoms. The number of methoxy groups -OCH3 is 1. The van der Waals surface area contributed by atoms with Crippen molar-refractivity contribution in [1.29, 1.82) is 0 Å². The van der Waals surface area contributed by atoms with Crippen molar-refractivity contribution in [3.8, 4) is 5.75 Å². The van der Waals surface area contributed by atoms with Gasteiger partial charge in [0, 0.05) is 6.42 Å². The molecule has 0 fully saturated rings. The fraction of sp³-hybridized carbons (Fsp3) is 0.417. The van der Waals surface area contributed by atoms with Gasteiger partial charge in [-0.3, -0.25) is 4.79 Å². The molecule has 0 amide bonds. The van der Waals surface area contributed by atoms with E-state index in [1.807, 2.05) is 26.0 Å². The highest BCUT2D eigenvalue weighted by Crippen LogP contribution is 2.22. The Kier molecular flexibility index (Phi) is 3.86. The van der Waals surface area contributed by atoms with Crippen LogP contribution in [0.3, 0.4) is 0 Å². The molecule has 0 saturated carbocycles. The quantitative estimate of drug-likeness (QED) is 0.811. The van der Waals surface area contributed by atoms with Gasteiger partial charge < -0.3 is 10.5 Å². The van der Waals surface area contributed by atoms with Gasteiger partial charge in [-0.1, -0.05) is 0 Å². The number of ether oxygens (including phenoxy) is 1. The van der Waals surface area contributed by atoms with Crippen LogP contribution in [0.1, 0.15) is 16.7 Å². The summed E-state index contributed by atoms with van der Waals surface area (Å²) in [5, 5.41) is 0. The van der Waals surface area contributed by atoms with Crippen LogP contribution in [0.4, 0.5) is 0 Å². The van der Waals surface area contributed by atoms with Crippen molar-refractivity contribution in [2.75, 3.05) is 13.7 Å². The highest BCUT2D eigenvalue weighted by atomic mass is 16.5. The smallest absolute Gasteiger partial charge is 0.150 e. The number of nitrogens with two attached hydrogens (primary N) is 1. The van der Waals surface area contributed by atoms with Crippen molar-refractivity contribution in [1.82, 2.24) is 0 Å². The van der Waals surface area contributed by atoms with E-state index in [9.17, 15) is 4.79 Å². The topological polar surface area (TPSA) is 52.3 Å². The average Bonchev–Trinajstić information content (AvgIpc) is 2.22. The second-order valence-corrected chi connectivity index (χ2v) is 3.66. The first kappa shape index (κ1) is 11.7. The number of carbonyl (C=O) groups is 1. The Morgan fingerprint density at radius 2 is 1.87 bits per heavy atom. The van der Waals surface area contributed by atoms with Gasteiger partial charge in [-0.05, 0) is 42.7 Å². The first-order chi connectivity index (χ1) is 7.08. The Bertz CT molecular complexity index is 349. The molecule has 0 saturated heterocycles. The van der Waals surface area contributed by atoms with Gasteiger partial charge in [-0.2, -0.15) is 0 Å². The summed E-state index contributed by atoms with van der Waals surface area (Å²) < 4.78 is 5.15. The normalized spacial score (nSPS) is 10.1. The van der Waals surface area contributed by atoms with Crippen LogP contribution in [0.2, 0.25) is 0 Å². The molecule has 3 heteroatoms. The Hall–Kier alpha value is -1.35. The van der Waals surface area contributed by atoms with E-state index < -0.39 is 0 Å². The lowest BCUT2D eigenvalue weighted by Crippen LogP contribution is -2.16. The van der Waals surface area contributed by atoms with Crippen LogP contribution in [0.5, 0.6) is 5.75 Å². The highest BCUT2D eigenvalue weighted by Gasteiger charge is 2.09. The second-order valence-electron chi connectivity index (χ2n) is 3.66. The number of aryl methyl sites for hydroxylation is 2. The molecule has 1 aromatic rings. The van der Waals surface area contributed by atoms with Gasteiger partial charge in [-0.15, -0.1) is 0 Å². The molecule has 0 aliphatic heterocycles. The lowest BCUT2D eigenvalue weighted by atomic mass is 9.97. The summed E-state index contributed by atoms with van der Waals surface area (Å²) >= 11 is 0. The number of benzene rings is 1. The standard InChI is InChI=1S/C12H17NO2/c1-8-4-11(15-3)5-9(2)12(8)6-10(14)7-13/h4-5H,6-7,13H2,1-3H3. The predicted octanol–water partition coefficient (Wildman–Crippen LogP) is 1.38. The molecule has 0 spiro atoms. The monoisotopic (exact) mass is 207 g/mol. The number of rotatable bonds is 4. The van der Waals surface area contributed by atoms with Gasteiger partial charge in [-0.25, -0.2) is 0 Å². The molecule has 2 N–H and O–H groups in total. The van der Waals surface area contributed by atoms with E-state index in [1.54, 1.807) is 7.11 Å². The van der Waals surface area contributed by atoms with Gasteiger partial charge in [0.05, 0.1) is 13.7 Å². The summed E-state index contributed by atoms with van der Waals surface area (Å²) in [5.74, 6) is 0.889. The van der Waals surface area contributed by atoms with Crippen molar-refractivity contribution in [2.24, 2.45) is 5.73 Å². The van der Waals surface area contributed by atoms with E-state index in [4.69, 9.17) is 10.5 Å². The van der Waals surface area contributed by atoms with Gasteiger partial charge >= 0.3 is 0 Å². The van der Waals surface area contributed by atoms with Crippen LogP contribution in [0.25, 0.3) is 0 Å². The van der Waals surface area contributed by atoms with Crippen LogP contribution in [0, 0.1) is 13.8 Å². The van der Waals surface area contributed by atoms with Crippen molar-refractivity contribution < 1.29 is 9.53 Å². The Morgan fingerprint density at radius 3 is 2.27 bits per heavy atom. The summed E-state index contributed by atoms with van der Waals surface area (Å²) in [7, 11) is 1.64. The van der Waals surface area contributed by atoms with Crippen molar-refractivity contribution >= 4 is 5.78 Å². The highest BCUT2D eigenvalue weighted by molar-refractivity contribution is 5.83. The number of hydrogen-bond acceptors (Lipinski definition) is 3. The Balaban J connectivity index is 3.03. The zero-order valence-corrected chi connectivity index (χ0v) is 9.46. The molecule has 82 valence electrons. The first-order valence-corrected chi connectivity index (χ1v) is 4.94. The molecule has 1 aromatic carbocycles. The minimum atomic E-state index is 0.0615. The van der Waals surface area contributed by atoms with Gasteiger partial charge in [0.1, 0.15) is 5.75 Å². The second kappa shape index (κ2) is 4.94. The van der Waals surface area contributed by atoms with Crippen LogP contribution >= 0.6 is 0 Å². The number of hydrogen-bond donors (Lipinski definition) is 1. The van der Waals surface area contributed by atoms with Gasteiger partial charge in [0.15, 0.2) is 5.78 Å². The van der Waals surface area contributed by atoms with Gasteiger partial charge in [0.25, 0.3) is 0 Å². The van der Waals surface area contributed by atoms with Gasteiger partial charge in [0.2, 0.25) is 0 Å². The average molecular weight is 207 g/mol. The molecule has 0 heterocycles. The molecule has 0 unspecified atom stereocenters. The van der Waals surface area contributed by atoms with E-state index in [0.717, 1.165) is 22.4 Å². The molecular formula is C12H17NO2. The van der Waals surface area contributed by atoms with E-state index >= 15 is 0 Å². The summed E-state index contributed by atoms with van der Waals surface area (Å²) in [6.45, 7) is 4.06. The maximum atomic E-state index is 11.3. The van der Waals surface area contributed by atoms with Crippen LogP contribution in [-0.4, -0.2) is 19.4 Å². The minimum absolute atomic E-state index is 0.0615. The molecule has 0 aliphatic carbocycles. The third-order valence-electron chi connectivity index (χ3n) is 2.51. The number of Topliss-reactive ketones (excluding diaryl/α,β-unsaturated/α-hetero) is 1. The van der Waals surface area contributed by atoms with Crippen molar-refractivity contribution in [3.05, 3.63) is 28.8 Å². The summed E-state index contributed by atoms with van der Waals surface area (Å²) in [5.41, 5.74) is 8.52. The molecule has 0 aromatic heterocycles. The zero-order valence-electron chi connectivity index (χ0n) is 9.46. The fourth-order valence-corrected chi connectivity index (χ4v) is 1.62. The largest absolute Gasteiger partial charge is 0.497 e. The summed E-state index contributed by atoms with van der Waals surface area (Å²) in [6.07, 6.45) is 0.415. The third kappa shape index (κ3) is 2.80. The molecule has 0 aliphatic rings. The maximum Gasteiger partial charge on any atom is 0.150 e. The first-order valence-electron chi connectivity index (χ1n) is 4.94. The van der Waals surface area contributed by atoms with Crippen molar-refractivity contribution in [3.63, 3.8) is 0 Å². The molecule has 0 radical (unpaired) electrons. The third-order valence-corrected chi connectivity index (χ3v) is 2.51. The van der Waals surface area contributed by atoms with Crippen LogP contribution in [-0.2, 0) is 11.2 Å². The summed E-state index contributed by atoms with van der Waals surface area (Å²) in [6, 6.07) is 3.87. The van der Waals surface area contributed by atoms with Crippen LogP contribution < -0.4 is 10.5 Å². The maximum absolute atomic E-state index is 11.3. The minimum Gasteiger partial charge on any atom is -0.497 e. The fourth-order valence-electron chi connectivity index (χ4n) is 1.62. The summed E-state index contributed by atoms with van der Waals surface area (Å²) in [4.78, 5) is 11.3. The molecule has 3 nitrogen and oxygen atoms in total. The lowest BCUT2D eigenvalue weighted by molar-refractivity contribution is -0.117. The number of carbonyl (C=O) groups excluding carboxylic acids is 1. The zero-order chi connectivity index (χ0) is 11.4. The Morgan fingerprint density at radius 1 is 1.33 bits per heavy atom. The Labute approximate surface area is 90.2 Å². The van der Waals surface area contributed by atoms with E-state index in [-0.39, 0.29) is 12.3 Å². The van der Waals surface area contributed by atoms with E-state index in [1.165, 1.54) is 0 Å². The van der Waals surface area contributed by atoms with Crippen molar-refractivity contribution in [2.45, 2.75) is 20.3 Å². The molecular weight excluding hydrogens is 190 g/mol. The SMILES string of the molecule is COc1cc(C)c(CC(=O)CN)c(C)c1.